The number of hydrogen-bond donors (Lipinski definition) is 0. The molecule has 0 amide bonds. The van der Waals surface area contributed by atoms with Crippen LogP contribution in [0.3, 0.4) is 0 Å². The average molecular weight is 731 g/mol. The first-order valence-electron chi connectivity index (χ1n) is 14.6. The molecule has 0 fully saturated rings. The van der Waals surface area contributed by atoms with Crippen molar-refractivity contribution in [1.29, 1.82) is 0 Å². The average Bonchev–Trinajstić information content (AvgIpc) is 3.62. The highest BCUT2D eigenvalue weighted by atomic mass is 79.9. The fraction of sp³-hybridized carbons (Fsp3) is 0.353. The van der Waals surface area contributed by atoms with E-state index in [1.165, 1.54) is 0 Å². The van der Waals surface area contributed by atoms with E-state index >= 15 is 0 Å². The molecule has 0 saturated heterocycles. The summed E-state index contributed by atoms with van der Waals surface area (Å²) in [5.41, 5.74) is 3.11. The first-order valence-corrected chi connectivity index (χ1v) is 18.0. The third kappa shape index (κ3) is 6.62. The van der Waals surface area contributed by atoms with Crippen molar-refractivity contribution in [3.63, 3.8) is 0 Å². The molecule has 5 rings (SSSR count). The van der Waals surface area contributed by atoms with Crippen LogP contribution in [0.15, 0.2) is 56.1 Å². The molecule has 8 heteroatoms. The Morgan fingerprint density at radius 3 is 1.36 bits per heavy atom. The van der Waals surface area contributed by atoms with Crippen LogP contribution in [0.4, 0.5) is 0 Å². The molecule has 0 atom stereocenters. The maximum atomic E-state index is 14.3. The lowest BCUT2D eigenvalue weighted by molar-refractivity contribution is 0.0972. The van der Waals surface area contributed by atoms with Gasteiger partial charge in [0.05, 0.1) is 24.3 Å². The summed E-state index contributed by atoms with van der Waals surface area (Å²) in [5, 5.41) is 4.02. The molecule has 4 aromatic rings. The van der Waals surface area contributed by atoms with Gasteiger partial charge in [-0.05, 0) is 81.1 Å². The zero-order valence-corrected chi connectivity index (χ0v) is 28.7. The van der Waals surface area contributed by atoms with Gasteiger partial charge in [-0.3, -0.25) is 9.59 Å². The molecule has 0 N–H and O–H groups in total. The number of rotatable bonds is 14. The minimum Gasteiger partial charge on any atom is -0.492 e. The molecule has 2 aromatic carbocycles. The predicted octanol–water partition coefficient (Wildman–Crippen LogP) is 11.4. The Hall–Kier alpha value is -2.26. The van der Waals surface area contributed by atoms with Crippen LogP contribution in [0.1, 0.15) is 97.1 Å². The lowest BCUT2D eigenvalue weighted by Crippen LogP contribution is -2.24. The maximum absolute atomic E-state index is 14.3. The fourth-order valence-corrected chi connectivity index (χ4v) is 8.17. The highest BCUT2D eigenvalue weighted by molar-refractivity contribution is 9.10. The Bertz CT molecular complexity index is 1470. The topological polar surface area (TPSA) is 52.6 Å². The number of hydrogen-bond acceptors (Lipinski definition) is 6. The van der Waals surface area contributed by atoms with E-state index in [1.54, 1.807) is 34.8 Å². The van der Waals surface area contributed by atoms with Gasteiger partial charge in [-0.2, -0.15) is 0 Å². The normalized spacial score (nSPS) is 12.4. The van der Waals surface area contributed by atoms with Crippen LogP contribution in [0.5, 0.6) is 11.5 Å². The third-order valence-electron chi connectivity index (χ3n) is 7.41. The minimum atomic E-state index is -0.199. The second-order valence-corrected chi connectivity index (χ2v) is 14.1. The zero-order chi connectivity index (χ0) is 29.6. The maximum Gasteiger partial charge on any atom is 0.198 e. The van der Waals surface area contributed by atoms with Gasteiger partial charge in [0, 0.05) is 51.7 Å². The number of ether oxygens (including phenoxy) is 2. The van der Waals surface area contributed by atoms with Gasteiger partial charge in [-0.15, -0.1) is 22.7 Å². The van der Waals surface area contributed by atoms with Gasteiger partial charge in [-0.1, -0.05) is 52.4 Å². The smallest absolute Gasteiger partial charge is 0.198 e. The van der Waals surface area contributed by atoms with Crippen LogP contribution in [-0.2, 0) is 0 Å². The lowest BCUT2D eigenvalue weighted by atomic mass is 9.81. The number of benzene rings is 2. The van der Waals surface area contributed by atoms with Gasteiger partial charge >= 0.3 is 0 Å². The van der Waals surface area contributed by atoms with Crippen LogP contribution in [0.25, 0.3) is 20.9 Å². The molecular formula is C34H34Br2O4S2. The SMILES string of the molecule is CCCCCCOc1c(-c2cc(Br)cs2)ccc2c1C(=O)c1ccc(-c3cc(Br)cs3)c(OCCCCCC)c1C2=O. The van der Waals surface area contributed by atoms with Crippen molar-refractivity contribution in [3.05, 3.63) is 78.4 Å². The van der Waals surface area contributed by atoms with Crippen LogP contribution in [0, 0.1) is 0 Å². The van der Waals surface area contributed by atoms with Gasteiger partial charge in [0.2, 0.25) is 0 Å². The van der Waals surface area contributed by atoms with Crippen molar-refractivity contribution < 1.29 is 19.1 Å². The second-order valence-electron chi connectivity index (χ2n) is 10.5. The summed E-state index contributed by atoms with van der Waals surface area (Å²) < 4.78 is 14.7. The van der Waals surface area contributed by atoms with E-state index in [0.29, 0.717) is 47.0 Å². The number of ketones is 2. The van der Waals surface area contributed by atoms with Crippen molar-refractivity contribution in [1.82, 2.24) is 0 Å². The standard InChI is InChI=1S/C34H34Br2O4S2/c1-3-5-7-9-15-39-33-23(27-17-21(35)19-41-27)11-13-25-29(33)31(37)26-14-12-24(28-18-22(36)20-42-28)34(30(26)32(25)38)40-16-10-8-6-4-2/h11-14,17-20H,3-10,15-16H2,1-2H3. The zero-order valence-electron chi connectivity index (χ0n) is 23.9. The van der Waals surface area contributed by atoms with Gasteiger partial charge in [0.1, 0.15) is 11.5 Å². The van der Waals surface area contributed by atoms with E-state index in [0.717, 1.165) is 81.2 Å². The number of fused-ring (bicyclic) bond motifs is 2. The Morgan fingerprint density at radius 2 is 1.00 bits per heavy atom. The van der Waals surface area contributed by atoms with Crippen molar-refractivity contribution in [2.24, 2.45) is 0 Å². The van der Waals surface area contributed by atoms with Crippen molar-refractivity contribution in [2.45, 2.75) is 65.2 Å². The summed E-state index contributed by atoms with van der Waals surface area (Å²) in [6.07, 6.45) is 8.42. The van der Waals surface area contributed by atoms with Crippen LogP contribution in [0.2, 0.25) is 0 Å². The molecule has 0 radical (unpaired) electrons. The number of unbranched alkanes of at least 4 members (excludes halogenated alkanes) is 6. The molecule has 42 heavy (non-hydrogen) atoms. The van der Waals surface area contributed by atoms with Gasteiger partial charge < -0.3 is 9.47 Å². The molecule has 0 saturated carbocycles. The number of carbonyl (C=O) groups excluding carboxylic acids is 2. The molecule has 0 aliphatic heterocycles. The molecule has 1 aliphatic rings. The molecule has 0 unspecified atom stereocenters. The first kappa shape index (κ1) is 31.2. The van der Waals surface area contributed by atoms with Crippen molar-refractivity contribution in [3.8, 4) is 32.4 Å². The summed E-state index contributed by atoms with van der Waals surface area (Å²) in [7, 11) is 0. The second kappa shape index (κ2) is 14.5. The summed E-state index contributed by atoms with van der Waals surface area (Å²) in [5.74, 6) is 0.594. The summed E-state index contributed by atoms with van der Waals surface area (Å²) in [4.78, 5) is 30.6. The van der Waals surface area contributed by atoms with E-state index in [2.05, 4.69) is 45.7 Å². The van der Waals surface area contributed by atoms with Crippen LogP contribution >= 0.6 is 54.5 Å². The summed E-state index contributed by atoms with van der Waals surface area (Å²) >= 11 is 10.3. The number of halogens is 2. The molecule has 220 valence electrons. The summed E-state index contributed by atoms with van der Waals surface area (Å²) in [6, 6.07) is 11.4. The van der Waals surface area contributed by atoms with E-state index in [9.17, 15) is 9.59 Å². The number of thiophene rings is 2. The van der Waals surface area contributed by atoms with Crippen molar-refractivity contribution >= 4 is 66.1 Å². The first-order chi connectivity index (χ1) is 20.4. The molecule has 0 spiro atoms. The third-order valence-corrected chi connectivity index (χ3v) is 10.9. The Morgan fingerprint density at radius 1 is 0.595 bits per heavy atom. The quantitative estimate of drug-likeness (QED) is 0.107. The highest BCUT2D eigenvalue weighted by Gasteiger charge is 2.37. The van der Waals surface area contributed by atoms with E-state index in [4.69, 9.17) is 9.47 Å². The fourth-order valence-electron chi connectivity index (χ4n) is 5.27. The van der Waals surface area contributed by atoms with Crippen LogP contribution in [-0.4, -0.2) is 24.8 Å². The Labute approximate surface area is 272 Å². The molecule has 2 heterocycles. The molecule has 1 aliphatic carbocycles. The molecule has 4 nitrogen and oxygen atoms in total. The lowest BCUT2D eigenvalue weighted by Gasteiger charge is -2.25. The van der Waals surface area contributed by atoms with Gasteiger partial charge in [0.15, 0.2) is 11.6 Å². The van der Waals surface area contributed by atoms with E-state index in [1.807, 2.05) is 35.0 Å². The minimum absolute atomic E-state index is 0.199. The highest BCUT2D eigenvalue weighted by Crippen LogP contribution is 2.47. The van der Waals surface area contributed by atoms with Crippen molar-refractivity contribution in [2.75, 3.05) is 13.2 Å². The van der Waals surface area contributed by atoms with E-state index in [-0.39, 0.29) is 11.6 Å². The van der Waals surface area contributed by atoms with Gasteiger partial charge in [-0.25, -0.2) is 0 Å². The predicted molar refractivity (Wildman–Crippen MR) is 181 cm³/mol. The Balaban J connectivity index is 1.60. The summed E-state index contributed by atoms with van der Waals surface area (Å²) in [6.45, 7) is 5.33. The van der Waals surface area contributed by atoms with E-state index < -0.39 is 0 Å². The molecular weight excluding hydrogens is 696 g/mol. The van der Waals surface area contributed by atoms with Crippen LogP contribution < -0.4 is 9.47 Å². The Kier molecular flexibility index (Phi) is 10.7. The molecule has 0 bridgehead atoms. The largest absolute Gasteiger partial charge is 0.492 e. The van der Waals surface area contributed by atoms with Gasteiger partial charge in [0.25, 0.3) is 0 Å². The monoisotopic (exact) mass is 728 g/mol. The molecule has 2 aromatic heterocycles. The number of carbonyl (C=O) groups is 2.